The molecule has 4 aromatic carbocycles. The molecule has 0 spiro atoms. The molecule has 0 saturated heterocycles. The van der Waals surface area contributed by atoms with Crippen molar-refractivity contribution < 1.29 is 18.7 Å². The number of para-hydroxylation sites is 3. The highest BCUT2D eigenvalue weighted by molar-refractivity contribution is 6.10. The average Bonchev–Trinajstić information content (AvgIpc) is 3.36. The second-order valence-corrected chi connectivity index (χ2v) is 11.0. The van der Waals surface area contributed by atoms with E-state index < -0.39 is 11.7 Å². The first-order valence-electron chi connectivity index (χ1n) is 13.9. The fourth-order valence-electron chi connectivity index (χ4n) is 4.85. The highest BCUT2D eigenvalue weighted by atomic mass is 16.6. The Bertz CT molecular complexity index is 1970. The Labute approximate surface area is 248 Å². The molecule has 214 valence electrons. The van der Waals surface area contributed by atoms with Crippen molar-refractivity contribution in [2.45, 2.75) is 26.4 Å². The predicted octanol–water partition coefficient (Wildman–Crippen LogP) is 8.99. The summed E-state index contributed by atoms with van der Waals surface area (Å²) in [5.74, 6) is -0.367. The molecule has 0 aliphatic rings. The van der Waals surface area contributed by atoms with Crippen LogP contribution in [0.5, 0.6) is 0 Å². The lowest BCUT2D eigenvalue weighted by Gasteiger charge is -2.20. The van der Waals surface area contributed by atoms with Gasteiger partial charge in [0.15, 0.2) is 0 Å². The number of hydrogen-bond acceptors (Lipinski definition) is 6. The molecule has 6 aromatic rings. The first-order chi connectivity index (χ1) is 20.7. The third-order valence-electron chi connectivity index (χ3n) is 6.66. The number of furan rings is 1. The minimum absolute atomic E-state index is 0.310. The van der Waals surface area contributed by atoms with Crippen LogP contribution in [0.25, 0.3) is 33.2 Å². The summed E-state index contributed by atoms with van der Waals surface area (Å²) < 4.78 is 11.5. The predicted molar refractivity (Wildman–Crippen MR) is 171 cm³/mol. The van der Waals surface area contributed by atoms with Crippen molar-refractivity contribution in [3.8, 4) is 11.3 Å². The number of pyridine rings is 1. The average molecular weight is 571 g/mol. The summed E-state index contributed by atoms with van der Waals surface area (Å²) in [6, 6.07) is 32.1. The number of anilines is 4. The number of carbonyl (C=O) groups is 2. The Morgan fingerprint density at radius 2 is 1.47 bits per heavy atom. The van der Waals surface area contributed by atoms with Gasteiger partial charge in [0.25, 0.3) is 5.91 Å². The molecule has 8 nitrogen and oxygen atoms in total. The van der Waals surface area contributed by atoms with E-state index in [0.717, 1.165) is 44.6 Å². The smallest absolute Gasteiger partial charge is 0.412 e. The van der Waals surface area contributed by atoms with Gasteiger partial charge in [0.05, 0.1) is 16.9 Å². The molecule has 0 aliphatic heterocycles. The van der Waals surface area contributed by atoms with Gasteiger partial charge >= 0.3 is 6.09 Å². The summed E-state index contributed by atoms with van der Waals surface area (Å²) in [4.78, 5) is 30.1. The Morgan fingerprint density at radius 1 is 0.744 bits per heavy atom. The minimum Gasteiger partial charge on any atom is -0.455 e. The molecule has 43 heavy (non-hydrogen) atoms. The zero-order valence-electron chi connectivity index (χ0n) is 24.0. The van der Waals surface area contributed by atoms with Crippen LogP contribution in [0.3, 0.4) is 0 Å². The highest BCUT2D eigenvalue weighted by Gasteiger charge is 2.19. The van der Waals surface area contributed by atoms with E-state index >= 15 is 0 Å². The van der Waals surface area contributed by atoms with Crippen molar-refractivity contribution >= 4 is 56.7 Å². The summed E-state index contributed by atoms with van der Waals surface area (Å²) in [7, 11) is 0. The van der Waals surface area contributed by atoms with Crippen molar-refractivity contribution in [3.63, 3.8) is 0 Å². The van der Waals surface area contributed by atoms with E-state index in [9.17, 15) is 9.59 Å². The number of benzene rings is 4. The third-order valence-corrected chi connectivity index (χ3v) is 6.66. The number of amides is 2. The second kappa shape index (κ2) is 11.3. The molecule has 0 aliphatic carbocycles. The lowest BCUT2D eigenvalue weighted by molar-refractivity contribution is 0.0636. The Hall–Kier alpha value is -5.63. The van der Waals surface area contributed by atoms with Gasteiger partial charge in [-0.3, -0.25) is 15.1 Å². The molecule has 0 bridgehead atoms. The molecule has 2 aromatic heterocycles. The Morgan fingerprint density at radius 3 is 2.33 bits per heavy atom. The van der Waals surface area contributed by atoms with E-state index in [1.54, 1.807) is 57.3 Å². The summed E-state index contributed by atoms with van der Waals surface area (Å²) in [5.41, 5.74) is 5.49. The molecular formula is C35H30N4O4. The molecule has 2 amide bonds. The number of nitrogens with one attached hydrogen (secondary N) is 3. The summed E-state index contributed by atoms with van der Waals surface area (Å²) >= 11 is 0. The number of hydrogen-bond donors (Lipinski definition) is 3. The van der Waals surface area contributed by atoms with E-state index in [0.29, 0.717) is 16.9 Å². The van der Waals surface area contributed by atoms with Gasteiger partial charge < -0.3 is 19.8 Å². The number of fused-ring (bicyclic) bond motifs is 3. The molecule has 3 N–H and O–H groups in total. The number of rotatable bonds is 6. The van der Waals surface area contributed by atoms with E-state index in [1.807, 2.05) is 60.7 Å². The molecule has 6 rings (SSSR count). The maximum absolute atomic E-state index is 13.2. The van der Waals surface area contributed by atoms with Crippen LogP contribution in [0.2, 0.25) is 0 Å². The van der Waals surface area contributed by atoms with Gasteiger partial charge in [0.1, 0.15) is 16.8 Å². The summed E-state index contributed by atoms with van der Waals surface area (Å²) in [6.45, 7) is 5.33. The zero-order chi connectivity index (χ0) is 30.0. The molecule has 0 unspecified atom stereocenters. The largest absolute Gasteiger partial charge is 0.455 e. The SMILES string of the molecule is CC(C)(C)OC(=O)Nc1ccccc1C(=O)Nc1cccc(Nc2ccnc(-c3cccc4c3oc3ccccc34)c2)c1. The minimum atomic E-state index is -0.662. The topological polar surface area (TPSA) is 105 Å². The molecule has 0 fully saturated rings. The highest BCUT2D eigenvalue weighted by Crippen LogP contribution is 2.35. The van der Waals surface area contributed by atoms with Crippen LogP contribution < -0.4 is 16.0 Å². The Balaban J connectivity index is 1.20. The van der Waals surface area contributed by atoms with E-state index in [-0.39, 0.29) is 5.91 Å². The van der Waals surface area contributed by atoms with Crippen LogP contribution in [0, 0.1) is 0 Å². The quantitative estimate of drug-likeness (QED) is 0.185. The van der Waals surface area contributed by atoms with Crippen LogP contribution in [0.15, 0.2) is 114 Å². The van der Waals surface area contributed by atoms with Crippen LogP contribution >= 0.6 is 0 Å². The maximum atomic E-state index is 13.2. The molecule has 0 saturated carbocycles. The number of carbonyl (C=O) groups excluding carboxylic acids is 2. The second-order valence-electron chi connectivity index (χ2n) is 11.0. The van der Waals surface area contributed by atoms with E-state index in [2.05, 4.69) is 33.1 Å². The van der Waals surface area contributed by atoms with Gasteiger partial charge in [-0.25, -0.2) is 4.79 Å². The van der Waals surface area contributed by atoms with Crippen molar-refractivity contribution in [1.29, 1.82) is 0 Å². The van der Waals surface area contributed by atoms with Gasteiger partial charge in [-0.15, -0.1) is 0 Å². The van der Waals surface area contributed by atoms with Gasteiger partial charge in [-0.1, -0.05) is 48.5 Å². The lowest BCUT2D eigenvalue weighted by atomic mass is 10.1. The summed E-state index contributed by atoms with van der Waals surface area (Å²) in [6.07, 6.45) is 1.12. The van der Waals surface area contributed by atoms with Crippen molar-refractivity contribution in [1.82, 2.24) is 4.98 Å². The fourth-order valence-corrected chi connectivity index (χ4v) is 4.85. The molecule has 8 heteroatoms. The maximum Gasteiger partial charge on any atom is 0.412 e. The normalized spacial score (nSPS) is 11.3. The first-order valence-corrected chi connectivity index (χ1v) is 13.9. The van der Waals surface area contributed by atoms with E-state index in [1.165, 1.54) is 0 Å². The number of ether oxygens (including phenoxy) is 1. The lowest BCUT2D eigenvalue weighted by Crippen LogP contribution is -2.28. The van der Waals surface area contributed by atoms with Crippen molar-refractivity contribution in [3.05, 3.63) is 115 Å². The molecule has 0 atom stereocenters. The standard InChI is InChI=1S/C35H30N4O4/c1-35(2,3)43-34(41)39-29-16-6-4-13-28(29)33(40)38-23-11-8-10-22(20-23)37-24-18-19-36-30(21-24)27-15-9-14-26-25-12-5-7-17-31(25)42-32(26)27/h4-21H,1-3H3,(H,36,37)(H,38,40)(H,39,41). The summed E-state index contributed by atoms with van der Waals surface area (Å²) in [5, 5.41) is 11.1. The fraction of sp³-hybridized carbons (Fsp3) is 0.114. The monoisotopic (exact) mass is 570 g/mol. The van der Waals surface area contributed by atoms with Crippen molar-refractivity contribution in [2.24, 2.45) is 0 Å². The van der Waals surface area contributed by atoms with Crippen LogP contribution in [0.4, 0.5) is 27.5 Å². The van der Waals surface area contributed by atoms with Gasteiger partial charge in [-0.2, -0.15) is 0 Å². The number of nitrogens with zero attached hydrogens (tertiary/aromatic N) is 1. The zero-order valence-corrected chi connectivity index (χ0v) is 24.0. The third kappa shape index (κ3) is 6.18. The van der Waals surface area contributed by atoms with Gasteiger partial charge in [0.2, 0.25) is 0 Å². The molecular weight excluding hydrogens is 540 g/mol. The molecule has 2 heterocycles. The van der Waals surface area contributed by atoms with Gasteiger partial charge in [0, 0.05) is 39.6 Å². The Kier molecular flexibility index (Phi) is 7.26. The van der Waals surface area contributed by atoms with Crippen LogP contribution in [-0.2, 0) is 4.74 Å². The van der Waals surface area contributed by atoms with Crippen LogP contribution in [-0.4, -0.2) is 22.6 Å². The van der Waals surface area contributed by atoms with E-state index in [4.69, 9.17) is 9.15 Å². The number of aromatic nitrogens is 1. The molecule has 0 radical (unpaired) electrons. The van der Waals surface area contributed by atoms with Crippen molar-refractivity contribution in [2.75, 3.05) is 16.0 Å². The first kappa shape index (κ1) is 27.5. The van der Waals surface area contributed by atoms with Gasteiger partial charge in [-0.05, 0) is 75.4 Å². The van der Waals surface area contributed by atoms with Crippen LogP contribution in [0.1, 0.15) is 31.1 Å².